The number of rotatable bonds is 3. The molecule has 0 atom stereocenters. The highest BCUT2D eigenvalue weighted by Crippen LogP contribution is 2.36. The summed E-state index contributed by atoms with van der Waals surface area (Å²) in [6.45, 7) is 3.94. The van der Waals surface area contributed by atoms with E-state index >= 15 is 0 Å². The molecule has 6 heteroatoms. The lowest BCUT2D eigenvalue weighted by atomic mass is 10.1. The summed E-state index contributed by atoms with van der Waals surface area (Å²) in [5.41, 5.74) is 1.75. The van der Waals surface area contributed by atoms with E-state index in [1.807, 2.05) is 38.1 Å². The minimum Gasteiger partial charge on any atom is -0.303 e. The molecule has 0 unspecified atom stereocenters. The van der Waals surface area contributed by atoms with Crippen LogP contribution in [0.1, 0.15) is 30.9 Å². The average Bonchev–Trinajstić information content (AvgIpc) is 2.98. The van der Waals surface area contributed by atoms with Gasteiger partial charge in [0, 0.05) is 12.0 Å². The second-order valence-corrected chi connectivity index (χ2v) is 6.50. The molecule has 0 bridgehead atoms. The highest BCUT2D eigenvalue weighted by molar-refractivity contribution is 7.21. The SMILES string of the molecule is CCCC=O.Cc1ccccc1-c1nc2cc(C(F)(F)F)ccc2s1. The van der Waals surface area contributed by atoms with E-state index in [0.29, 0.717) is 11.9 Å². The molecule has 0 N–H and O–H groups in total. The molecule has 2 aromatic carbocycles. The van der Waals surface area contributed by atoms with Gasteiger partial charge in [0.1, 0.15) is 11.3 Å². The topological polar surface area (TPSA) is 30.0 Å². The van der Waals surface area contributed by atoms with E-state index in [2.05, 4.69) is 4.98 Å². The zero-order valence-electron chi connectivity index (χ0n) is 13.9. The fourth-order valence-electron chi connectivity index (χ4n) is 2.15. The van der Waals surface area contributed by atoms with Gasteiger partial charge in [-0.15, -0.1) is 11.3 Å². The third-order valence-electron chi connectivity index (χ3n) is 3.50. The van der Waals surface area contributed by atoms with Gasteiger partial charge in [-0.1, -0.05) is 31.2 Å². The van der Waals surface area contributed by atoms with Crippen LogP contribution in [0.2, 0.25) is 0 Å². The molecule has 1 aromatic heterocycles. The second kappa shape index (κ2) is 8.25. The Balaban J connectivity index is 0.000000399. The van der Waals surface area contributed by atoms with Gasteiger partial charge in [0.2, 0.25) is 0 Å². The van der Waals surface area contributed by atoms with Crippen molar-refractivity contribution < 1.29 is 18.0 Å². The molecule has 0 saturated carbocycles. The molecule has 0 aliphatic heterocycles. The average molecular weight is 365 g/mol. The van der Waals surface area contributed by atoms with Gasteiger partial charge in [-0.3, -0.25) is 0 Å². The number of fused-ring (bicyclic) bond motifs is 1. The van der Waals surface area contributed by atoms with Gasteiger partial charge < -0.3 is 4.79 Å². The molecule has 25 heavy (non-hydrogen) atoms. The van der Waals surface area contributed by atoms with E-state index in [-0.39, 0.29) is 0 Å². The van der Waals surface area contributed by atoms with Gasteiger partial charge in [-0.05, 0) is 37.1 Å². The van der Waals surface area contributed by atoms with Crippen molar-refractivity contribution in [1.82, 2.24) is 4.98 Å². The van der Waals surface area contributed by atoms with Gasteiger partial charge in [0.05, 0.1) is 15.8 Å². The van der Waals surface area contributed by atoms with Crippen LogP contribution in [0.5, 0.6) is 0 Å². The van der Waals surface area contributed by atoms with Crippen LogP contribution in [0, 0.1) is 6.92 Å². The van der Waals surface area contributed by atoms with E-state index in [1.54, 1.807) is 0 Å². The van der Waals surface area contributed by atoms with Crippen molar-refractivity contribution in [2.24, 2.45) is 0 Å². The van der Waals surface area contributed by atoms with Crippen molar-refractivity contribution in [3.8, 4) is 10.6 Å². The largest absolute Gasteiger partial charge is 0.416 e. The Bertz CT molecular complexity index is 855. The fourth-order valence-corrected chi connectivity index (χ4v) is 3.19. The number of carbonyl (C=O) groups excluding carboxylic acids is 1. The van der Waals surface area contributed by atoms with Crippen LogP contribution in [0.25, 0.3) is 20.8 Å². The van der Waals surface area contributed by atoms with Crippen molar-refractivity contribution in [3.63, 3.8) is 0 Å². The third kappa shape index (κ3) is 4.89. The van der Waals surface area contributed by atoms with E-state index in [1.165, 1.54) is 17.4 Å². The summed E-state index contributed by atoms with van der Waals surface area (Å²) >= 11 is 1.41. The molecule has 3 rings (SSSR count). The molecular formula is C19H18F3NOS. The molecule has 0 amide bonds. The predicted octanol–water partition coefficient (Wildman–Crippen LogP) is 6.28. The summed E-state index contributed by atoms with van der Waals surface area (Å²) in [5.74, 6) is 0. The van der Waals surface area contributed by atoms with Crippen molar-refractivity contribution in [2.45, 2.75) is 32.9 Å². The van der Waals surface area contributed by atoms with Gasteiger partial charge >= 0.3 is 6.18 Å². The first-order valence-corrected chi connectivity index (χ1v) is 8.66. The second-order valence-electron chi connectivity index (χ2n) is 5.47. The number of carbonyl (C=O) groups is 1. The molecule has 0 fully saturated rings. The van der Waals surface area contributed by atoms with Crippen molar-refractivity contribution in [1.29, 1.82) is 0 Å². The Morgan fingerprint density at radius 2 is 1.88 bits per heavy atom. The van der Waals surface area contributed by atoms with Gasteiger partial charge in [-0.2, -0.15) is 13.2 Å². The number of benzene rings is 2. The van der Waals surface area contributed by atoms with Crippen molar-refractivity contribution >= 4 is 27.8 Å². The van der Waals surface area contributed by atoms with E-state index in [0.717, 1.165) is 45.7 Å². The van der Waals surface area contributed by atoms with Crippen LogP contribution in [-0.2, 0) is 11.0 Å². The number of thiazole rings is 1. The highest BCUT2D eigenvalue weighted by Gasteiger charge is 2.30. The summed E-state index contributed by atoms with van der Waals surface area (Å²) in [6, 6.07) is 11.4. The van der Waals surface area contributed by atoms with E-state index in [4.69, 9.17) is 0 Å². The van der Waals surface area contributed by atoms with Crippen LogP contribution < -0.4 is 0 Å². The molecule has 2 nitrogen and oxygen atoms in total. The Kier molecular flexibility index (Phi) is 6.31. The molecule has 0 aliphatic carbocycles. The number of halogens is 3. The van der Waals surface area contributed by atoms with Crippen LogP contribution in [0.4, 0.5) is 13.2 Å². The summed E-state index contributed by atoms with van der Waals surface area (Å²) in [4.78, 5) is 13.7. The monoisotopic (exact) mass is 365 g/mol. The Hall–Kier alpha value is -2.21. The number of alkyl halides is 3. The zero-order valence-corrected chi connectivity index (χ0v) is 14.7. The lowest BCUT2D eigenvalue weighted by Gasteiger charge is -2.04. The first kappa shape index (κ1) is 19.1. The summed E-state index contributed by atoms with van der Waals surface area (Å²) < 4.78 is 38.8. The fraction of sp³-hybridized carbons (Fsp3) is 0.263. The van der Waals surface area contributed by atoms with Gasteiger partial charge in [0.15, 0.2) is 0 Å². The molecule has 0 aliphatic rings. The molecule has 3 aromatic rings. The Labute approximate surface area is 148 Å². The first-order chi connectivity index (χ1) is 11.9. The van der Waals surface area contributed by atoms with Crippen molar-refractivity contribution in [3.05, 3.63) is 53.6 Å². The maximum atomic E-state index is 12.7. The molecule has 0 radical (unpaired) electrons. The smallest absolute Gasteiger partial charge is 0.303 e. The quantitative estimate of drug-likeness (QED) is 0.512. The van der Waals surface area contributed by atoms with Gasteiger partial charge in [-0.25, -0.2) is 4.98 Å². The predicted molar refractivity (Wildman–Crippen MR) is 95.8 cm³/mol. The Morgan fingerprint density at radius 3 is 2.44 bits per heavy atom. The number of unbranched alkanes of at least 4 members (excludes halogenated alkanes) is 1. The molecule has 0 spiro atoms. The number of hydrogen-bond donors (Lipinski definition) is 0. The van der Waals surface area contributed by atoms with E-state index in [9.17, 15) is 18.0 Å². The number of aldehydes is 1. The lowest BCUT2D eigenvalue weighted by Crippen LogP contribution is -2.03. The lowest BCUT2D eigenvalue weighted by molar-refractivity contribution is -0.137. The van der Waals surface area contributed by atoms with Crippen LogP contribution >= 0.6 is 11.3 Å². The van der Waals surface area contributed by atoms with Crippen LogP contribution in [-0.4, -0.2) is 11.3 Å². The van der Waals surface area contributed by atoms with Crippen LogP contribution in [0.15, 0.2) is 42.5 Å². The maximum Gasteiger partial charge on any atom is 0.416 e. The number of aromatic nitrogens is 1. The Morgan fingerprint density at radius 1 is 1.16 bits per heavy atom. The number of hydrogen-bond acceptors (Lipinski definition) is 3. The third-order valence-corrected chi connectivity index (χ3v) is 4.57. The summed E-state index contributed by atoms with van der Waals surface area (Å²) in [5, 5.41) is 0.748. The summed E-state index contributed by atoms with van der Waals surface area (Å²) in [6.07, 6.45) is -1.72. The highest BCUT2D eigenvalue weighted by atomic mass is 32.1. The molecule has 132 valence electrons. The zero-order chi connectivity index (χ0) is 18.4. The minimum absolute atomic E-state index is 0.392. The number of nitrogens with zero attached hydrogens (tertiary/aromatic N) is 1. The standard InChI is InChI=1S/C15H10F3NS.C4H8O/c1-9-4-2-3-5-11(9)14-19-12-8-10(15(16,17)18)6-7-13(12)20-14;1-2-3-4-5/h2-8H,1H3;4H,2-3H2,1H3. The van der Waals surface area contributed by atoms with Crippen LogP contribution in [0.3, 0.4) is 0 Å². The summed E-state index contributed by atoms with van der Waals surface area (Å²) in [7, 11) is 0. The molecular weight excluding hydrogens is 347 g/mol. The minimum atomic E-state index is -4.33. The van der Waals surface area contributed by atoms with Gasteiger partial charge in [0.25, 0.3) is 0 Å². The van der Waals surface area contributed by atoms with Crippen molar-refractivity contribution in [2.75, 3.05) is 0 Å². The molecule has 0 saturated heterocycles. The maximum absolute atomic E-state index is 12.7. The number of aryl methyl sites for hydroxylation is 1. The normalized spacial score (nSPS) is 11.1. The first-order valence-electron chi connectivity index (χ1n) is 7.84. The van der Waals surface area contributed by atoms with E-state index < -0.39 is 11.7 Å². The molecule has 1 heterocycles.